The number of fused-ring (bicyclic) bond motifs is 1. The van der Waals surface area contributed by atoms with E-state index in [1.165, 1.54) is 6.21 Å². The second-order valence-corrected chi connectivity index (χ2v) is 6.96. The van der Waals surface area contributed by atoms with Crippen LogP contribution in [0.15, 0.2) is 52.0 Å². The lowest BCUT2D eigenvalue weighted by Crippen LogP contribution is -2.16. The van der Waals surface area contributed by atoms with Crippen LogP contribution in [-0.2, 0) is 4.79 Å². The van der Waals surface area contributed by atoms with Gasteiger partial charge in [0.1, 0.15) is 11.3 Å². The normalized spacial score (nSPS) is 11.0. The third-order valence-corrected chi connectivity index (χ3v) is 4.47. The van der Waals surface area contributed by atoms with Gasteiger partial charge in [0, 0.05) is 10.4 Å². The number of hydrogen-bond donors (Lipinski definition) is 2. The molecule has 0 bridgehead atoms. The van der Waals surface area contributed by atoms with Gasteiger partial charge in [-0.05, 0) is 70.6 Å². The van der Waals surface area contributed by atoms with Crippen LogP contribution < -0.4 is 10.2 Å². The topological polar surface area (TPSA) is 101 Å². The van der Waals surface area contributed by atoms with Crippen molar-refractivity contribution >= 4 is 63.3 Å². The number of nitrogens with one attached hydrogen (secondary N) is 1. The van der Waals surface area contributed by atoms with Gasteiger partial charge in [0.15, 0.2) is 12.4 Å². The van der Waals surface area contributed by atoms with Crippen LogP contribution in [0.25, 0.3) is 11.0 Å². The molecule has 1 amide bonds. The monoisotopic (exact) mass is 498 g/mol. The Morgan fingerprint density at radius 1 is 1.26 bits per heavy atom. The molecule has 27 heavy (non-hydrogen) atoms. The lowest BCUT2D eigenvalue weighted by Gasteiger charge is -2.06. The Hall–Kier alpha value is -2.59. The molecule has 0 radical (unpaired) electrons. The van der Waals surface area contributed by atoms with Crippen molar-refractivity contribution < 1.29 is 23.8 Å². The second kappa shape index (κ2) is 8.40. The summed E-state index contributed by atoms with van der Waals surface area (Å²) in [7, 11) is 0. The van der Waals surface area contributed by atoms with Crippen LogP contribution >= 0.6 is 34.2 Å². The Morgan fingerprint density at radius 3 is 2.81 bits per heavy atom. The molecule has 0 aliphatic heterocycles. The first kappa shape index (κ1) is 19.2. The molecular weight excluding hydrogens is 487 g/mol. The largest absolute Gasteiger partial charge is 0.481 e. The fourth-order valence-electron chi connectivity index (χ4n) is 2.20. The maximum atomic E-state index is 12.1. The number of furan rings is 1. The molecule has 2 aromatic carbocycles. The third-order valence-electron chi connectivity index (χ3n) is 3.39. The van der Waals surface area contributed by atoms with Gasteiger partial charge in [0.2, 0.25) is 0 Å². The summed E-state index contributed by atoms with van der Waals surface area (Å²) in [6, 6.07) is 11.7. The SMILES string of the molecule is O=C(O)COc1ccc(/C=N/NC(=O)c2cc3cc(Cl)ccc3o2)cc1I. The number of halogens is 2. The Balaban J connectivity index is 1.64. The molecule has 9 heteroatoms. The van der Waals surface area contributed by atoms with Gasteiger partial charge >= 0.3 is 11.9 Å². The fourth-order valence-corrected chi connectivity index (χ4v) is 3.08. The maximum Gasteiger partial charge on any atom is 0.341 e. The highest BCUT2D eigenvalue weighted by molar-refractivity contribution is 14.1. The first-order valence-electron chi connectivity index (χ1n) is 7.59. The number of carbonyl (C=O) groups excluding carboxylic acids is 1. The number of carboxylic acid groups (broad SMARTS) is 1. The molecule has 3 aromatic rings. The Bertz CT molecular complexity index is 1050. The number of hydrazone groups is 1. The van der Waals surface area contributed by atoms with Crippen LogP contribution in [0.5, 0.6) is 5.75 Å². The number of benzene rings is 2. The van der Waals surface area contributed by atoms with E-state index in [4.69, 9.17) is 25.9 Å². The first-order valence-corrected chi connectivity index (χ1v) is 9.05. The number of rotatable bonds is 6. The minimum atomic E-state index is -1.05. The predicted molar refractivity (Wildman–Crippen MR) is 109 cm³/mol. The summed E-state index contributed by atoms with van der Waals surface area (Å²) in [5.41, 5.74) is 3.65. The molecule has 0 unspecified atom stereocenters. The summed E-state index contributed by atoms with van der Waals surface area (Å²) in [6.45, 7) is -0.414. The number of hydrogen-bond acceptors (Lipinski definition) is 5. The number of aliphatic carboxylic acids is 1. The van der Waals surface area contributed by atoms with Gasteiger partial charge in [-0.1, -0.05) is 11.6 Å². The molecule has 0 aliphatic rings. The van der Waals surface area contributed by atoms with Crippen molar-refractivity contribution in [3.63, 3.8) is 0 Å². The molecule has 0 spiro atoms. The van der Waals surface area contributed by atoms with Crippen LogP contribution in [-0.4, -0.2) is 29.8 Å². The molecule has 0 saturated heterocycles. The van der Waals surface area contributed by atoms with Crippen molar-refractivity contribution in [3.8, 4) is 5.75 Å². The van der Waals surface area contributed by atoms with Gasteiger partial charge in [-0.25, -0.2) is 10.2 Å². The predicted octanol–water partition coefficient (Wildman–Crippen LogP) is 3.92. The first-order chi connectivity index (χ1) is 12.9. The van der Waals surface area contributed by atoms with Crippen LogP contribution in [0.4, 0.5) is 0 Å². The van der Waals surface area contributed by atoms with Crippen LogP contribution in [0.2, 0.25) is 5.02 Å². The molecule has 7 nitrogen and oxygen atoms in total. The van der Waals surface area contributed by atoms with Gasteiger partial charge in [0.05, 0.1) is 9.78 Å². The quantitative estimate of drug-likeness (QED) is 0.305. The molecule has 0 fully saturated rings. The van der Waals surface area contributed by atoms with Gasteiger partial charge in [-0.15, -0.1) is 0 Å². The zero-order chi connectivity index (χ0) is 19.4. The van der Waals surface area contributed by atoms with Gasteiger partial charge in [-0.3, -0.25) is 4.79 Å². The zero-order valence-corrected chi connectivity index (χ0v) is 16.5. The fraction of sp³-hybridized carbons (Fsp3) is 0.0556. The Labute approximate surface area is 172 Å². The second-order valence-electron chi connectivity index (χ2n) is 5.36. The van der Waals surface area contributed by atoms with Gasteiger partial charge in [-0.2, -0.15) is 5.10 Å². The summed E-state index contributed by atoms with van der Waals surface area (Å²) in [5.74, 6) is -0.960. The zero-order valence-electron chi connectivity index (χ0n) is 13.6. The van der Waals surface area contributed by atoms with Crippen molar-refractivity contribution in [1.29, 1.82) is 0 Å². The molecule has 0 aliphatic carbocycles. The van der Waals surface area contributed by atoms with Crippen molar-refractivity contribution in [2.45, 2.75) is 0 Å². The summed E-state index contributed by atoms with van der Waals surface area (Å²) in [4.78, 5) is 22.7. The maximum absolute atomic E-state index is 12.1. The number of ether oxygens (including phenoxy) is 1. The van der Waals surface area contributed by atoms with E-state index in [0.29, 0.717) is 21.9 Å². The number of nitrogens with zero attached hydrogens (tertiary/aromatic N) is 1. The lowest BCUT2D eigenvalue weighted by molar-refractivity contribution is -0.139. The molecule has 2 N–H and O–H groups in total. The molecular formula is C18H12ClIN2O5. The number of carboxylic acids is 1. The molecule has 3 rings (SSSR count). The molecule has 1 aromatic heterocycles. The van der Waals surface area contributed by atoms with E-state index in [-0.39, 0.29) is 5.76 Å². The highest BCUT2D eigenvalue weighted by Crippen LogP contribution is 2.23. The average Bonchev–Trinajstić information content (AvgIpc) is 3.04. The third kappa shape index (κ3) is 4.98. The summed E-state index contributed by atoms with van der Waals surface area (Å²) >= 11 is 7.94. The van der Waals surface area contributed by atoms with E-state index in [1.54, 1.807) is 42.5 Å². The number of amides is 1. The smallest absolute Gasteiger partial charge is 0.341 e. The van der Waals surface area contributed by atoms with Crippen LogP contribution in [0.1, 0.15) is 16.1 Å². The van der Waals surface area contributed by atoms with Crippen LogP contribution in [0, 0.1) is 3.57 Å². The van der Waals surface area contributed by atoms with Gasteiger partial charge in [0.25, 0.3) is 0 Å². The van der Waals surface area contributed by atoms with E-state index in [9.17, 15) is 9.59 Å². The molecule has 1 heterocycles. The van der Waals surface area contributed by atoms with Crippen molar-refractivity contribution in [2.24, 2.45) is 5.10 Å². The molecule has 0 saturated carbocycles. The van der Waals surface area contributed by atoms with Crippen molar-refractivity contribution in [2.75, 3.05) is 6.61 Å². The van der Waals surface area contributed by atoms with Crippen LogP contribution in [0.3, 0.4) is 0 Å². The molecule has 0 atom stereocenters. The number of carbonyl (C=O) groups is 2. The van der Waals surface area contributed by atoms with E-state index >= 15 is 0 Å². The molecule has 138 valence electrons. The summed E-state index contributed by atoms with van der Waals surface area (Å²) in [5, 5.41) is 13.8. The Kier molecular flexibility index (Phi) is 5.97. The van der Waals surface area contributed by atoms with E-state index in [1.807, 2.05) is 22.6 Å². The summed E-state index contributed by atoms with van der Waals surface area (Å²) < 4.78 is 11.3. The Morgan fingerprint density at radius 2 is 2.07 bits per heavy atom. The van der Waals surface area contributed by atoms with Gasteiger partial charge < -0.3 is 14.3 Å². The highest BCUT2D eigenvalue weighted by Gasteiger charge is 2.11. The van der Waals surface area contributed by atoms with Crippen molar-refractivity contribution in [1.82, 2.24) is 5.43 Å². The van der Waals surface area contributed by atoms with E-state index < -0.39 is 18.5 Å². The summed E-state index contributed by atoms with van der Waals surface area (Å²) in [6.07, 6.45) is 1.46. The highest BCUT2D eigenvalue weighted by atomic mass is 127. The standard InChI is InChI=1S/C18H12ClIN2O5/c19-12-2-4-14-11(6-12)7-16(27-14)18(25)22-21-8-10-1-3-15(13(20)5-10)26-9-17(23)24/h1-8H,9H2,(H,22,25)(H,23,24)/b21-8+. The van der Waals surface area contributed by atoms with E-state index in [2.05, 4.69) is 10.5 Å². The lowest BCUT2D eigenvalue weighted by atomic mass is 10.2. The minimum Gasteiger partial charge on any atom is -0.481 e. The average molecular weight is 499 g/mol. The van der Waals surface area contributed by atoms with Crippen molar-refractivity contribution in [3.05, 3.63) is 62.4 Å². The van der Waals surface area contributed by atoms with E-state index in [0.717, 1.165) is 8.96 Å². The minimum absolute atomic E-state index is 0.122.